The predicted molar refractivity (Wildman–Crippen MR) is 56.0 cm³/mol. The lowest BCUT2D eigenvalue weighted by Crippen LogP contribution is -1.97. The fourth-order valence-corrected chi connectivity index (χ4v) is 0.896. The quantitative estimate of drug-likeness (QED) is 0.545. The van der Waals surface area contributed by atoms with Crippen LogP contribution in [0.4, 0.5) is 17.1 Å². The molecule has 1 aromatic carbocycles. The Morgan fingerprint density at radius 1 is 1.08 bits per heavy atom. The highest BCUT2D eigenvalue weighted by Gasteiger charge is 2.00. The first-order valence-electron chi connectivity index (χ1n) is 3.71. The van der Waals surface area contributed by atoms with Crippen LogP contribution in [0.5, 0.6) is 0 Å². The van der Waals surface area contributed by atoms with Crippen LogP contribution in [-0.4, -0.2) is 0 Å². The molecule has 0 radical (unpaired) electrons. The molecule has 0 atom stereocenters. The third-order valence-corrected chi connectivity index (χ3v) is 1.50. The first-order chi connectivity index (χ1) is 5.61. The summed E-state index contributed by atoms with van der Waals surface area (Å²) in [4.78, 5) is 0. The molecule has 0 aliphatic rings. The van der Waals surface area contributed by atoms with Crippen molar-refractivity contribution in [1.82, 2.24) is 0 Å². The van der Waals surface area contributed by atoms with E-state index in [1.165, 1.54) is 0 Å². The fraction of sp³-hybridized carbons (Fsp3) is 0.250. The van der Waals surface area contributed by atoms with E-state index in [0.717, 1.165) is 0 Å². The van der Waals surface area contributed by atoms with Crippen LogP contribution in [0.15, 0.2) is 12.1 Å². The molecule has 3 nitrogen and oxygen atoms in total. The largest absolute Gasteiger partial charge is 0.399 e. The van der Waals surface area contributed by atoms with Gasteiger partial charge >= 0.3 is 0 Å². The molecule has 0 bridgehead atoms. The van der Waals surface area contributed by atoms with E-state index in [0.29, 0.717) is 22.1 Å². The van der Waals surface area contributed by atoms with Crippen molar-refractivity contribution in [2.75, 3.05) is 17.2 Å². The van der Waals surface area contributed by atoms with Gasteiger partial charge in [0.25, 0.3) is 0 Å². The van der Waals surface area contributed by atoms with Crippen LogP contribution >= 0.6 is 11.6 Å². The highest BCUT2D eigenvalue weighted by Crippen LogP contribution is 2.27. The molecule has 0 amide bonds. The molecular weight excluding hydrogens is 174 g/mol. The van der Waals surface area contributed by atoms with E-state index >= 15 is 0 Å². The molecule has 68 valence electrons. The summed E-state index contributed by atoms with van der Waals surface area (Å²) in [5.41, 5.74) is 17.6. The summed E-state index contributed by atoms with van der Waals surface area (Å²) in [6, 6.07) is 3.13. The summed E-state index contributed by atoms with van der Waals surface area (Å²) >= 11 is 5.63. The zero-order chi connectivity index (χ0) is 9.72. The van der Waals surface area contributed by atoms with Gasteiger partial charge in [0.15, 0.2) is 0 Å². The summed E-state index contributed by atoms with van der Waals surface area (Å²) < 4.78 is 0. The van der Waals surface area contributed by atoms with Crippen LogP contribution < -0.4 is 17.2 Å². The topological polar surface area (TPSA) is 78.1 Å². The third-order valence-electron chi connectivity index (χ3n) is 1.18. The lowest BCUT2D eigenvalue weighted by atomic mass is 10.2. The molecule has 0 spiro atoms. The number of halogens is 1. The Hall–Kier alpha value is -1.09. The van der Waals surface area contributed by atoms with Crippen molar-refractivity contribution in [2.45, 2.75) is 13.8 Å². The summed E-state index contributed by atoms with van der Waals surface area (Å²) in [5.74, 6) is 0. The minimum atomic E-state index is 0.385. The third kappa shape index (κ3) is 2.51. The Morgan fingerprint density at radius 2 is 1.58 bits per heavy atom. The predicted octanol–water partition coefficient (Wildman–Crippen LogP) is 2.11. The van der Waals surface area contributed by atoms with E-state index in [1.54, 1.807) is 12.1 Å². The van der Waals surface area contributed by atoms with Crippen molar-refractivity contribution in [3.05, 3.63) is 17.2 Å². The zero-order valence-electron chi connectivity index (χ0n) is 7.26. The van der Waals surface area contributed by atoms with Gasteiger partial charge in [0.2, 0.25) is 0 Å². The van der Waals surface area contributed by atoms with Gasteiger partial charge in [-0.05, 0) is 12.1 Å². The maximum Gasteiger partial charge on any atom is 0.0738 e. The molecule has 0 saturated carbocycles. The average Bonchev–Trinajstić information content (AvgIpc) is 2.04. The molecule has 0 aliphatic carbocycles. The Bertz CT molecular complexity index is 237. The molecule has 0 aromatic heterocycles. The summed E-state index contributed by atoms with van der Waals surface area (Å²) in [5, 5.41) is 0.400. The molecule has 0 saturated heterocycles. The molecular formula is C8H14ClN3. The van der Waals surface area contributed by atoms with Gasteiger partial charge in [0.1, 0.15) is 0 Å². The minimum absolute atomic E-state index is 0.385. The molecule has 12 heavy (non-hydrogen) atoms. The highest BCUT2D eigenvalue weighted by molar-refractivity contribution is 6.34. The molecule has 4 heteroatoms. The van der Waals surface area contributed by atoms with Crippen LogP contribution in [0.25, 0.3) is 0 Å². The number of rotatable bonds is 0. The Labute approximate surface area is 77.5 Å². The second kappa shape index (κ2) is 4.72. The monoisotopic (exact) mass is 187 g/mol. The lowest BCUT2D eigenvalue weighted by molar-refractivity contribution is 1.50. The van der Waals surface area contributed by atoms with E-state index in [2.05, 4.69) is 0 Å². The van der Waals surface area contributed by atoms with Crippen molar-refractivity contribution in [3.8, 4) is 0 Å². The minimum Gasteiger partial charge on any atom is -0.399 e. The number of benzene rings is 1. The van der Waals surface area contributed by atoms with Crippen LogP contribution in [0.2, 0.25) is 5.02 Å². The number of anilines is 3. The smallest absolute Gasteiger partial charge is 0.0738 e. The summed E-state index contributed by atoms with van der Waals surface area (Å²) in [6.45, 7) is 4.00. The lowest BCUT2D eigenvalue weighted by Gasteiger charge is -2.02. The standard InChI is InChI=1S/C6H8ClN3.C2H6/c7-4-1-3(8)2-5(9)6(4)10;1-2/h1-2H,8-10H2;1-2H3. The van der Waals surface area contributed by atoms with Gasteiger partial charge in [-0.3, -0.25) is 0 Å². The van der Waals surface area contributed by atoms with E-state index in [1.807, 2.05) is 13.8 Å². The van der Waals surface area contributed by atoms with Crippen LogP contribution in [0.3, 0.4) is 0 Å². The van der Waals surface area contributed by atoms with Crippen LogP contribution in [0, 0.1) is 0 Å². The van der Waals surface area contributed by atoms with Crippen LogP contribution in [-0.2, 0) is 0 Å². The Balaban J connectivity index is 0.000000561. The maximum atomic E-state index is 5.63. The zero-order valence-corrected chi connectivity index (χ0v) is 8.02. The van der Waals surface area contributed by atoms with Gasteiger partial charge in [-0.2, -0.15) is 0 Å². The fourth-order valence-electron chi connectivity index (χ4n) is 0.661. The average molecular weight is 188 g/mol. The number of hydrogen-bond acceptors (Lipinski definition) is 3. The van der Waals surface area contributed by atoms with Crippen molar-refractivity contribution in [1.29, 1.82) is 0 Å². The van der Waals surface area contributed by atoms with Crippen molar-refractivity contribution < 1.29 is 0 Å². The highest BCUT2D eigenvalue weighted by atomic mass is 35.5. The van der Waals surface area contributed by atoms with Gasteiger partial charge in [-0.1, -0.05) is 25.4 Å². The number of nitrogens with two attached hydrogens (primary N) is 3. The van der Waals surface area contributed by atoms with Gasteiger partial charge in [0.05, 0.1) is 16.4 Å². The van der Waals surface area contributed by atoms with Crippen molar-refractivity contribution in [3.63, 3.8) is 0 Å². The SMILES string of the molecule is CC.Nc1cc(N)c(N)c(Cl)c1. The maximum absolute atomic E-state index is 5.63. The van der Waals surface area contributed by atoms with E-state index in [9.17, 15) is 0 Å². The van der Waals surface area contributed by atoms with Gasteiger partial charge in [0, 0.05) is 5.69 Å². The first kappa shape index (κ1) is 10.9. The van der Waals surface area contributed by atoms with E-state index in [-0.39, 0.29) is 0 Å². The summed E-state index contributed by atoms with van der Waals surface area (Å²) in [6.07, 6.45) is 0. The normalized spacial score (nSPS) is 8.58. The molecule has 0 fully saturated rings. The number of nitrogen functional groups attached to an aromatic ring is 3. The van der Waals surface area contributed by atoms with Gasteiger partial charge in [-0.25, -0.2) is 0 Å². The number of hydrogen-bond donors (Lipinski definition) is 3. The van der Waals surface area contributed by atoms with E-state index < -0.39 is 0 Å². The van der Waals surface area contributed by atoms with E-state index in [4.69, 9.17) is 28.8 Å². The Kier molecular flexibility index (Phi) is 4.29. The van der Waals surface area contributed by atoms with Crippen molar-refractivity contribution in [2.24, 2.45) is 0 Å². The molecule has 6 N–H and O–H groups in total. The summed E-state index contributed by atoms with van der Waals surface area (Å²) in [7, 11) is 0. The molecule has 0 unspecified atom stereocenters. The molecule has 0 heterocycles. The second-order valence-corrected chi connectivity index (χ2v) is 2.41. The molecule has 1 aromatic rings. The Morgan fingerprint density at radius 3 is 2.00 bits per heavy atom. The van der Waals surface area contributed by atoms with Gasteiger partial charge in [-0.15, -0.1) is 0 Å². The first-order valence-corrected chi connectivity index (χ1v) is 4.09. The van der Waals surface area contributed by atoms with Gasteiger partial charge < -0.3 is 17.2 Å². The molecule has 0 aliphatic heterocycles. The van der Waals surface area contributed by atoms with Crippen LogP contribution in [0.1, 0.15) is 13.8 Å². The molecule has 1 rings (SSSR count). The van der Waals surface area contributed by atoms with Crippen molar-refractivity contribution >= 4 is 28.7 Å². The second-order valence-electron chi connectivity index (χ2n) is 2.01.